The smallest absolute Gasteiger partial charge is 0.227 e. The number of likely N-dealkylation sites (tertiary alicyclic amines) is 1. The van der Waals surface area contributed by atoms with E-state index in [0.717, 1.165) is 47.8 Å². The minimum absolute atomic E-state index is 0.208. The van der Waals surface area contributed by atoms with E-state index in [9.17, 15) is 4.79 Å². The summed E-state index contributed by atoms with van der Waals surface area (Å²) in [7, 11) is 0. The molecule has 144 valence electrons. The van der Waals surface area contributed by atoms with E-state index in [1.54, 1.807) is 17.5 Å². The molecule has 0 unspecified atom stereocenters. The van der Waals surface area contributed by atoms with Crippen molar-refractivity contribution >= 4 is 28.9 Å². The molecule has 0 spiro atoms. The quantitative estimate of drug-likeness (QED) is 0.693. The molecule has 1 amide bonds. The number of anilines is 2. The Kier molecular flexibility index (Phi) is 5.67. The number of nitrogens with one attached hydrogen (secondary N) is 1. The molecule has 1 aromatic carbocycles. The molecule has 3 aromatic rings. The molecule has 4 rings (SSSR count). The average Bonchev–Trinajstić information content (AvgIpc) is 3.23. The molecule has 1 saturated heterocycles. The summed E-state index contributed by atoms with van der Waals surface area (Å²) in [5.41, 5.74) is 3.16. The van der Waals surface area contributed by atoms with Gasteiger partial charge in [0, 0.05) is 35.8 Å². The number of carbonyl (C=O) groups excluding carboxylic acids is 1. The first-order valence-corrected chi connectivity index (χ1v) is 10.5. The lowest BCUT2D eigenvalue weighted by molar-refractivity contribution is -0.131. The Morgan fingerprint density at radius 1 is 1.25 bits per heavy atom. The minimum Gasteiger partial charge on any atom is -0.342 e. The van der Waals surface area contributed by atoms with Crippen molar-refractivity contribution in [1.29, 1.82) is 0 Å². The molecule has 0 radical (unpaired) electrons. The van der Waals surface area contributed by atoms with E-state index in [1.807, 2.05) is 46.7 Å². The van der Waals surface area contributed by atoms with Gasteiger partial charge in [-0.1, -0.05) is 24.3 Å². The third-order valence-corrected chi connectivity index (χ3v) is 6.04. The predicted octanol–water partition coefficient (Wildman–Crippen LogP) is 4.54. The van der Waals surface area contributed by atoms with Gasteiger partial charge >= 0.3 is 0 Å². The standard InChI is InChI=1S/C22H24N4OS/c1-16-6-2-3-9-19(16)24-22-23-11-10-20(25-22)17-7-4-12-26(15-17)21(27)14-18-8-5-13-28-18/h2-3,5-6,8-11,13,17H,4,7,12,14-15H2,1H3,(H,23,24,25)/t17-/m1/s1. The van der Waals surface area contributed by atoms with Crippen LogP contribution in [0.3, 0.4) is 0 Å². The highest BCUT2D eigenvalue weighted by molar-refractivity contribution is 7.10. The molecule has 1 fully saturated rings. The topological polar surface area (TPSA) is 58.1 Å². The monoisotopic (exact) mass is 392 g/mol. The molecule has 5 nitrogen and oxygen atoms in total. The second kappa shape index (κ2) is 8.52. The molecular formula is C22H24N4OS. The summed E-state index contributed by atoms with van der Waals surface area (Å²) in [5.74, 6) is 1.06. The fourth-order valence-electron chi connectivity index (χ4n) is 3.61. The summed E-state index contributed by atoms with van der Waals surface area (Å²) in [5, 5.41) is 5.33. The van der Waals surface area contributed by atoms with E-state index >= 15 is 0 Å². The number of hydrogen-bond acceptors (Lipinski definition) is 5. The Hall–Kier alpha value is -2.73. The summed E-state index contributed by atoms with van der Waals surface area (Å²) >= 11 is 1.64. The number of nitrogens with zero attached hydrogens (tertiary/aromatic N) is 3. The number of para-hydroxylation sites is 1. The SMILES string of the molecule is Cc1ccccc1Nc1nccc([C@@H]2CCCN(C(=O)Cc3cccs3)C2)n1. The van der Waals surface area contributed by atoms with Crippen molar-refractivity contribution in [3.63, 3.8) is 0 Å². The molecule has 1 aliphatic heterocycles. The van der Waals surface area contributed by atoms with Gasteiger partial charge in [0.25, 0.3) is 0 Å². The maximum Gasteiger partial charge on any atom is 0.227 e. The summed E-state index contributed by atoms with van der Waals surface area (Å²) < 4.78 is 0. The number of thiophene rings is 1. The molecule has 0 saturated carbocycles. The van der Waals surface area contributed by atoms with Gasteiger partial charge in [0.1, 0.15) is 0 Å². The van der Waals surface area contributed by atoms with Crippen LogP contribution in [-0.4, -0.2) is 33.9 Å². The minimum atomic E-state index is 0.208. The number of amides is 1. The number of aryl methyl sites for hydroxylation is 1. The molecule has 1 atom stereocenters. The molecular weight excluding hydrogens is 368 g/mol. The normalized spacial score (nSPS) is 16.8. The van der Waals surface area contributed by atoms with Crippen molar-refractivity contribution in [3.05, 3.63) is 70.2 Å². The van der Waals surface area contributed by atoms with Crippen molar-refractivity contribution in [2.24, 2.45) is 0 Å². The summed E-state index contributed by atoms with van der Waals surface area (Å²) in [6.45, 7) is 3.62. The van der Waals surface area contributed by atoms with Gasteiger partial charge in [0.15, 0.2) is 0 Å². The molecule has 0 bridgehead atoms. The first kappa shape index (κ1) is 18.6. The van der Waals surface area contributed by atoms with E-state index < -0.39 is 0 Å². The summed E-state index contributed by atoms with van der Waals surface area (Å²) in [6, 6.07) is 14.1. The van der Waals surface area contributed by atoms with Crippen molar-refractivity contribution < 1.29 is 4.79 Å². The van der Waals surface area contributed by atoms with Crippen LogP contribution in [0.15, 0.2) is 54.0 Å². The third-order valence-electron chi connectivity index (χ3n) is 5.17. The van der Waals surface area contributed by atoms with Crippen LogP contribution in [0, 0.1) is 6.92 Å². The fraction of sp³-hybridized carbons (Fsp3) is 0.318. The van der Waals surface area contributed by atoms with Gasteiger partial charge in [-0.05, 0) is 48.9 Å². The number of aromatic nitrogens is 2. The molecule has 1 aliphatic rings. The lowest BCUT2D eigenvalue weighted by atomic mass is 9.94. The highest BCUT2D eigenvalue weighted by Gasteiger charge is 2.26. The van der Waals surface area contributed by atoms with Gasteiger partial charge in [0.2, 0.25) is 11.9 Å². The molecule has 28 heavy (non-hydrogen) atoms. The zero-order chi connectivity index (χ0) is 19.3. The van der Waals surface area contributed by atoms with Crippen LogP contribution in [0.1, 0.15) is 34.9 Å². The zero-order valence-electron chi connectivity index (χ0n) is 16.0. The van der Waals surface area contributed by atoms with Crippen LogP contribution >= 0.6 is 11.3 Å². The largest absolute Gasteiger partial charge is 0.342 e. The zero-order valence-corrected chi connectivity index (χ0v) is 16.8. The number of carbonyl (C=O) groups is 1. The Balaban J connectivity index is 1.45. The van der Waals surface area contributed by atoms with E-state index in [0.29, 0.717) is 12.4 Å². The van der Waals surface area contributed by atoms with Crippen LogP contribution in [0.5, 0.6) is 0 Å². The van der Waals surface area contributed by atoms with Crippen molar-refractivity contribution in [1.82, 2.24) is 14.9 Å². The third kappa shape index (κ3) is 4.39. The number of piperidine rings is 1. The van der Waals surface area contributed by atoms with Crippen molar-refractivity contribution in [3.8, 4) is 0 Å². The number of hydrogen-bond donors (Lipinski definition) is 1. The van der Waals surface area contributed by atoms with E-state index in [1.165, 1.54) is 0 Å². The Bertz CT molecular complexity index is 941. The van der Waals surface area contributed by atoms with Crippen LogP contribution in [-0.2, 0) is 11.2 Å². The lowest BCUT2D eigenvalue weighted by Gasteiger charge is -2.32. The van der Waals surface area contributed by atoms with Crippen molar-refractivity contribution in [2.75, 3.05) is 18.4 Å². The van der Waals surface area contributed by atoms with Crippen molar-refractivity contribution in [2.45, 2.75) is 32.1 Å². The molecule has 3 heterocycles. The lowest BCUT2D eigenvalue weighted by Crippen LogP contribution is -2.40. The maximum atomic E-state index is 12.7. The molecule has 2 aromatic heterocycles. The van der Waals surface area contributed by atoms with Crippen LogP contribution < -0.4 is 5.32 Å². The van der Waals surface area contributed by atoms with Crippen LogP contribution in [0.4, 0.5) is 11.6 Å². The maximum absolute atomic E-state index is 12.7. The average molecular weight is 393 g/mol. The van der Waals surface area contributed by atoms with Gasteiger partial charge < -0.3 is 10.2 Å². The summed E-state index contributed by atoms with van der Waals surface area (Å²) in [6.07, 6.45) is 4.35. The Morgan fingerprint density at radius 2 is 2.14 bits per heavy atom. The Morgan fingerprint density at radius 3 is 2.96 bits per heavy atom. The second-order valence-electron chi connectivity index (χ2n) is 7.18. The van der Waals surface area contributed by atoms with E-state index in [4.69, 9.17) is 4.98 Å². The molecule has 6 heteroatoms. The summed E-state index contributed by atoms with van der Waals surface area (Å²) in [4.78, 5) is 24.9. The highest BCUT2D eigenvalue weighted by Crippen LogP contribution is 2.27. The highest BCUT2D eigenvalue weighted by atomic mass is 32.1. The van der Waals surface area contributed by atoms with Gasteiger partial charge in [-0.15, -0.1) is 11.3 Å². The van der Waals surface area contributed by atoms with Gasteiger partial charge in [0.05, 0.1) is 12.1 Å². The van der Waals surface area contributed by atoms with E-state index in [2.05, 4.69) is 23.3 Å². The fourth-order valence-corrected chi connectivity index (χ4v) is 4.31. The Labute approximate surface area is 169 Å². The molecule has 1 N–H and O–H groups in total. The first-order valence-electron chi connectivity index (χ1n) is 9.65. The van der Waals surface area contributed by atoms with Gasteiger partial charge in [-0.2, -0.15) is 0 Å². The van der Waals surface area contributed by atoms with Crippen LogP contribution in [0.25, 0.3) is 0 Å². The number of benzene rings is 1. The number of rotatable bonds is 5. The second-order valence-corrected chi connectivity index (χ2v) is 8.21. The van der Waals surface area contributed by atoms with Gasteiger partial charge in [-0.25, -0.2) is 9.97 Å². The van der Waals surface area contributed by atoms with E-state index in [-0.39, 0.29) is 11.8 Å². The van der Waals surface area contributed by atoms with Gasteiger partial charge in [-0.3, -0.25) is 4.79 Å². The first-order chi connectivity index (χ1) is 13.7. The molecule has 0 aliphatic carbocycles. The van der Waals surface area contributed by atoms with Crippen LogP contribution in [0.2, 0.25) is 0 Å². The predicted molar refractivity (Wildman–Crippen MR) is 113 cm³/mol.